The van der Waals surface area contributed by atoms with Crippen LogP contribution < -0.4 is 15.1 Å². The lowest BCUT2D eigenvalue weighted by atomic mass is 10.2. The maximum Gasteiger partial charge on any atom is 0.323 e. The Hall–Kier alpha value is -3.52. The van der Waals surface area contributed by atoms with Crippen molar-refractivity contribution < 1.29 is 13.2 Å². The Morgan fingerprint density at radius 3 is 2.39 bits per heavy atom. The number of sulfonamides is 1. The van der Waals surface area contributed by atoms with Gasteiger partial charge >= 0.3 is 5.69 Å². The number of aromatic amines is 2. The Balaban J connectivity index is 1.65. The molecule has 0 bridgehead atoms. The van der Waals surface area contributed by atoms with Crippen LogP contribution in [0.2, 0.25) is 0 Å². The summed E-state index contributed by atoms with van der Waals surface area (Å²) in [6.45, 7) is 1.97. The molecule has 1 aromatic heterocycles. The minimum Gasteiger partial charge on any atom is -0.455 e. The molecule has 0 fully saturated rings. The smallest absolute Gasteiger partial charge is 0.323 e. The van der Waals surface area contributed by atoms with Crippen molar-refractivity contribution in [2.45, 2.75) is 11.8 Å². The second-order valence-electron chi connectivity index (χ2n) is 6.30. The number of hydrogen-bond acceptors (Lipinski definition) is 4. The molecule has 0 unspecified atom stereocenters. The third-order valence-corrected chi connectivity index (χ3v) is 5.54. The molecule has 3 N–H and O–H groups in total. The van der Waals surface area contributed by atoms with Crippen LogP contribution in [0.15, 0.2) is 76.4 Å². The lowest BCUT2D eigenvalue weighted by Crippen LogP contribution is -2.13. The van der Waals surface area contributed by atoms with Gasteiger partial charge < -0.3 is 14.7 Å². The van der Waals surface area contributed by atoms with Gasteiger partial charge in [0.2, 0.25) is 0 Å². The second kappa shape index (κ2) is 6.90. The van der Waals surface area contributed by atoms with Crippen molar-refractivity contribution in [2.24, 2.45) is 0 Å². The number of para-hydroxylation sites is 2. The number of imidazole rings is 1. The van der Waals surface area contributed by atoms with Crippen LogP contribution in [0.25, 0.3) is 11.0 Å². The second-order valence-corrected chi connectivity index (χ2v) is 7.99. The molecule has 0 saturated heterocycles. The van der Waals surface area contributed by atoms with Crippen molar-refractivity contribution in [2.75, 3.05) is 4.72 Å². The van der Waals surface area contributed by atoms with E-state index in [9.17, 15) is 13.2 Å². The van der Waals surface area contributed by atoms with Crippen molar-refractivity contribution >= 4 is 26.7 Å². The van der Waals surface area contributed by atoms with Crippen LogP contribution in [0.4, 0.5) is 5.69 Å². The minimum absolute atomic E-state index is 0.0281. The number of hydrogen-bond donors (Lipinski definition) is 3. The number of rotatable bonds is 5. The maximum atomic E-state index is 12.8. The molecule has 0 spiro atoms. The van der Waals surface area contributed by atoms with E-state index in [0.717, 1.165) is 5.56 Å². The van der Waals surface area contributed by atoms with E-state index in [-0.39, 0.29) is 4.90 Å². The van der Waals surface area contributed by atoms with Crippen molar-refractivity contribution in [3.8, 4) is 11.5 Å². The minimum atomic E-state index is -3.88. The summed E-state index contributed by atoms with van der Waals surface area (Å²) in [5.41, 5.74) is 1.96. The zero-order valence-corrected chi connectivity index (χ0v) is 15.7. The van der Waals surface area contributed by atoms with Crippen LogP contribution in [-0.2, 0) is 10.0 Å². The summed E-state index contributed by atoms with van der Waals surface area (Å²) in [6, 6.07) is 18.6. The maximum absolute atomic E-state index is 12.8. The highest BCUT2D eigenvalue weighted by molar-refractivity contribution is 7.92. The highest BCUT2D eigenvalue weighted by Crippen LogP contribution is 2.31. The Morgan fingerprint density at radius 1 is 0.893 bits per heavy atom. The van der Waals surface area contributed by atoms with E-state index in [1.54, 1.807) is 24.3 Å². The summed E-state index contributed by atoms with van der Waals surface area (Å²) in [7, 11) is -3.88. The molecule has 142 valence electrons. The largest absolute Gasteiger partial charge is 0.455 e. The van der Waals surface area contributed by atoms with Crippen LogP contribution in [-0.4, -0.2) is 18.4 Å². The van der Waals surface area contributed by atoms with E-state index >= 15 is 0 Å². The summed E-state index contributed by atoms with van der Waals surface area (Å²) < 4.78 is 34.1. The molecule has 0 saturated carbocycles. The molecule has 0 amide bonds. The van der Waals surface area contributed by atoms with Crippen molar-refractivity contribution in [3.63, 3.8) is 0 Å². The van der Waals surface area contributed by atoms with E-state index in [4.69, 9.17) is 4.74 Å². The number of fused-ring (bicyclic) bond motifs is 1. The first kappa shape index (κ1) is 17.9. The lowest BCUT2D eigenvalue weighted by molar-refractivity contribution is 0.484. The number of anilines is 1. The van der Waals surface area contributed by atoms with Gasteiger partial charge in [0, 0.05) is 0 Å². The standard InChI is InChI=1S/C20H17N3O4S/c1-13-6-8-14(9-7-13)27-19-5-3-2-4-17(19)23-28(25,26)15-10-11-16-18(12-15)22-20(24)21-16/h2-12,23H,1H3,(H2,21,22,24). The van der Waals surface area contributed by atoms with Crippen LogP contribution in [0.1, 0.15) is 5.56 Å². The third-order valence-electron chi connectivity index (χ3n) is 4.18. The molecule has 0 radical (unpaired) electrons. The molecule has 1 heterocycles. The normalized spacial score (nSPS) is 11.5. The molecule has 0 atom stereocenters. The van der Waals surface area contributed by atoms with Gasteiger partial charge in [0.25, 0.3) is 10.0 Å². The zero-order valence-electron chi connectivity index (χ0n) is 14.9. The van der Waals surface area contributed by atoms with Crippen molar-refractivity contribution in [1.29, 1.82) is 0 Å². The first-order valence-electron chi connectivity index (χ1n) is 8.49. The van der Waals surface area contributed by atoms with Crippen molar-refractivity contribution in [1.82, 2.24) is 9.97 Å². The van der Waals surface area contributed by atoms with Gasteiger partial charge in [-0.15, -0.1) is 0 Å². The predicted molar refractivity (Wildman–Crippen MR) is 107 cm³/mol. The number of benzene rings is 3. The van der Waals surface area contributed by atoms with Crippen LogP contribution in [0.3, 0.4) is 0 Å². The summed E-state index contributed by atoms with van der Waals surface area (Å²) in [6.07, 6.45) is 0. The molecule has 3 aromatic carbocycles. The van der Waals surface area contributed by atoms with Crippen LogP contribution in [0.5, 0.6) is 11.5 Å². The topological polar surface area (TPSA) is 104 Å². The lowest BCUT2D eigenvalue weighted by Gasteiger charge is -2.13. The molecule has 0 aliphatic heterocycles. The Labute approximate surface area is 161 Å². The van der Waals surface area contributed by atoms with Crippen LogP contribution in [0, 0.1) is 6.92 Å². The molecule has 4 aromatic rings. The first-order valence-corrected chi connectivity index (χ1v) is 9.97. The van der Waals surface area contributed by atoms with E-state index in [0.29, 0.717) is 28.2 Å². The number of aryl methyl sites for hydroxylation is 1. The third kappa shape index (κ3) is 3.63. The summed E-state index contributed by atoms with van der Waals surface area (Å²) >= 11 is 0. The monoisotopic (exact) mass is 395 g/mol. The van der Waals surface area contributed by atoms with E-state index in [1.165, 1.54) is 18.2 Å². The summed E-state index contributed by atoms with van der Waals surface area (Å²) in [5, 5.41) is 0. The van der Waals surface area contributed by atoms with Gasteiger partial charge in [-0.3, -0.25) is 4.72 Å². The van der Waals surface area contributed by atoms with E-state index in [1.807, 2.05) is 31.2 Å². The average Bonchev–Trinajstić information content (AvgIpc) is 3.04. The number of H-pyrrole nitrogens is 2. The van der Waals surface area contributed by atoms with Gasteiger partial charge in [-0.05, 0) is 49.4 Å². The fraction of sp³-hybridized carbons (Fsp3) is 0.0500. The molecule has 0 aliphatic rings. The number of ether oxygens (including phenoxy) is 1. The Morgan fingerprint density at radius 2 is 1.61 bits per heavy atom. The molecule has 4 rings (SSSR count). The van der Waals surface area contributed by atoms with Gasteiger partial charge in [-0.25, -0.2) is 13.2 Å². The Kier molecular flexibility index (Phi) is 4.40. The van der Waals surface area contributed by atoms with Gasteiger partial charge in [-0.1, -0.05) is 29.8 Å². The SMILES string of the molecule is Cc1ccc(Oc2ccccc2NS(=O)(=O)c2ccc3[nH]c(=O)[nH]c3c2)cc1. The van der Waals surface area contributed by atoms with E-state index in [2.05, 4.69) is 14.7 Å². The first-order chi connectivity index (χ1) is 13.4. The molecule has 8 heteroatoms. The van der Waals surface area contributed by atoms with Gasteiger partial charge in [0.05, 0.1) is 21.6 Å². The summed E-state index contributed by atoms with van der Waals surface area (Å²) in [5.74, 6) is 0.981. The summed E-state index contributed by atoms with van der Waals surface area (Å²) in [4.78, 5) is 16.6. The average molecular weight is 395 g/mol. The highest BCUT2D eigenvalue weighted by atomic mass is 32.2. The van der Waals surface area contributed by atoms with Gasteiger partial charge in [-0.2, -0.15) is 0 Å². The van der Waals surface area contributed by atoms with Gasteiger partial charge in [0.15, 0.2) is 5.75 Å². The number of nitrogens with one attached hydrogen (secondary N) is 3. The highest BCUT2D eigenvalue weighted by Gasteiger charge is 2.18. The van der Waals surface area contributed by atoms with E-state index < -0.39 is 15.7 Å². The van der Waals surface area contributed by atoms with Gasteiger partial charge in [0.1, 0.15) is 5.75 Å². The molecule has 7 nitrogen and oxygen atoms in total. The molecular weight excluding hydrogens is 378 g/mol. The van der Waals surface area contributed by atoms with Crippen LogP contribution >= 0.6 is 0 Å². The fourth-order valence-corrected chi connectivity index (χ4v) is 3.85. The quantitative estimate of drug-likeness (QED) is 0.479. The Bertz CT molecular complexity index is 1310. The molecular formula is C20H17N3O4S. The van der Waals surface area contributed by atoms with Crippen molar-refractivity contribution in [3.05, 3.63) is 82.8 Å². The predicted octanol–water partition coefficient (Wildman–Crippen LogP) is 3.76. The molecule has 0 aliphatic carbocycles. The zero-order chi connectivity index (χ0) is 19.7. The number of aromatic nitrogens is 2. The molecule has 28 heavy (non-hydrogen) atoms. The fourth-order valence-electron chi connectivity index (χ4n) is 2.76.